The molecule has 0 aliphatic heterocycles. The van der Waals surface area contributed by atoms with Crippen LogP contribution in [0.15, 0.2) is 60.3 Å². The molecule has 0 radical (unpaired) electrons. The highest BCUT2D eigenvalue weighted by Crippen LogP contribution is 2.26. The van der Waals surface area contributed by atoms with Crippen LogP contribution in [0.5, 0.6) is 5.75 Å². The molecule has 0 saturated heterocycles. The molecule has 0 aliphatic rings. The van der Waals surface area contributed by atoms with Crippen molar-refractivity contribution in [1.29, 1.82) is 5.26 Å². The van der Waals surface area contributed by atoms with Crippen LogP contribution in [0.2, 0.25) is 0 Å². The maximum Gasteiger partial charge on any atom is 0.268 e. The van der Waals surface area contributed by atoms with Gasteiger partial charge in [0.1, 0.15) is 29.0 Å². The van der Waals surface area contributed by atoms with Crippen LogP contribution in [0.25, 0.3) is 17.0 Å². The van der Waals surface area contributed by atoms with E-state index < -0.39 is 5.91 Å². The lowest BCUT2D eigenvalue weighted by atomic mass is 9.87. The van der Waals surface area contributed by atoms with Gasteiger partial charge in [-0.3, -0.25) is 10.1 Å². The molecule has 1 amide bonds. The first-order valence-electron chi connectivity index (χ1n) is 11.8. The SMILES string of the molecule is CCc1nnc(NC(=O)/C(C#N)=C\c2cn(CCOc3ccc(C(C)(C)C)cc3)c3ccccc23)s1. The van der Waals surface area contributed by atoms with Gasteiger partial charge >= 0.3 is 0 Å². The number of amides is 1. The Morgan fingerprint density at radius 3 is 2.58 bits per heavy atom. The minimum absolute atomic E-state index is 0.00124. The van der Waals surface area contributed by atoms with E-state index in [0.29, 0.717) is 18.3 Å². The average Bonchev–Trinajstić information content (AvgIpc) is 3.46. The highest BCUT2D eigenvalue weighted by Gasteiger charge is 2.15. The molecule has 7 nitrogen and oxygen atoms in total. The number of fused-ring (bicyclic) bond motifs is 1. The number of rotatable bonds is 8. The highest BCUT2D eigenvalue weighted by atomic mass is 32.1. The molecule has 0 fully saturated rings. The van der Waals surface area contributed by atoms with Crippen molar-refractivity contribution < 1.29 is 9.53 Å². The molecular weight excluding hydrogens is 470 g/mol. The van der Waals surface area contributed by atoms with E-state index in [4.69, 9.17) is 4.74 Å². The number of hydrogen-bond donors (Lipinski definition) is 1. The summed E-state index contributed by atoms with van der Waals surface area (Å²) in [5.74, 6) is 0.320. The number of nitriles is 1. The molecule has 0 atom stereocenters. The van der Waals surface area contributed by atoms with Crippen LogP contribution in [0.3, 0.4) is 0 Å². The Morgan fingerprint density at radius 1 is 1.17 bits per heavy atom. The van der Waals surface area contributed by atoms with Crippen molar-refractivity contribution in [2.24, 2.45) is 0 Å². The van der Waals surface area contributed by atoms with E-state index in [1.807, 2.05) is 55.6 Å². The van der Waals surface area contributed by atoms with E-state index in [9.17, 15) is 10.1 Å². The molecule has 0 spiro atoms. The number of carbonyl (C=O) groups excluding carboxylic acids is 1. The van der Waals surface area contributed by atoms with E-state index >= 15 is 0 Å². The number of aryl methyl sites for hydroxylation is 1. The van der Waals surface area contributed by atoms with Crippen LogP contribution in [-0.2, 0) is 23.2 Å². The zero-order valence-electron chi connectivity index (χ0n) is 20.9. The van der Waals surface area contributed by atoms with Crippen LogP contribution in [0.1, 0.15) is 43.8 Å². The summed E-state index contributed by atoms with van der Waals surface area (Å²) in [6.07, 6.45) is 4.30. The summed E-state index contributed by atoms with van der Waals surface area (Å²) in [6.45, 7) is 9.63. The topological polar surface area (TPSA) is 92.8 Å². The summed E-state index contributed by atoms with van der Waals surface area (Å²) in [4.78, 5) is 12.7. The van der Waals surface area contributed by atoms with Crippen LogP contribution in [-0.4, -0.2) is 27.3 Å². The van der Waals surface area contributed by atoms with Crippen molar-refractivity contribution in [3.63, 3.8) is 0 Å². The Hall–Kier alpha value is -3.96. The number of hydrogen-bond acceptors (Lipinski definition) is 6. The Balaban J connectivity index is 1.50. The molecule has 2 heterocycles. The van der Waals surface area contributed by atoms with Crippen LogP contribution >= 0.6 is 11.3 Å². The summed E-state index contributed by atoms with van der Waals surface area (Å²) in [7, 11) is 0. The van der Waals surface area contributed by atoms with Crippen LogP contribution in [0.4, 0.5) is 5.13 Å². The molecule has 8 heteroatoms. The molecule has 184 valence electrons. The van der Waals surface area contributed by atoms with Crippen molar-refractivity contribution in [2.75, 3.05) is 11.9 Å². The van der Waals surface area contributed by atoms with Gasteiger partial charge in [0.15, 0.2) is 0 Å². The molecule has 2 aromatic heterocycles. The summed E-state index contributed by atoms with van der Waals surface area (Å²) in [5.41, 5.74) is 3.16. The smallest absolute Gasteiger partial charge is 0.268 e. The first-order valence-corrected chi connectivity index (χ1v) is 12.7. The van der Waals surface area contributed by atoms with E-state index in [-0.39, 0.29) is 11.0 Å². The lowest BCUT2D eigenvalue weighted by Gasteiger charge is -2.19. The minimum atomic E-state index is -0.504. The van der Waals surface area contributed by atoms with Gasteiger partial charge in [-0.25, -0.2) is 0 Å². The second-order valence-electron chi connectivity index (χ2n) is 9.40. The van der Waals surface area contributed by atoms with Gasteiger partial charge in [0.25, 0.3) is 5.91 Å². The van der Waals surface area contributed by atoms with Gasteiger partial charge < -0.3 is 9.30 Å². The maximum atomic E-state index is 12.7. The first-order chi connectivity index (χ1) is 17.3. The number of nitrogens with one attached hydrogen (secondary N) is 1. The Morgan fingerprint density at radius 2 is 1.92 bits per heavy atom. The van der Waals surface area contributed by atoms with E-state index in [2.05, 4.69) is 53.0 Å². The molecular formula is C28H29N5O2S. The predicted octanol–water partition coefficient (Wildman–Crippen LogP) is 5.98. The molecule has 1 N–H and O–H groups in total. The fourth-order valence-corrected chi connectivity index (χ4v) is 4.48. The molecule has 2 aromatic carbocycles. The van der Waals surface area contributed by atoms with Gasteiger partial charge in [0, 0.05) is 22.7 Å². The zero-order valence-corrected chi connectivity index (χ0v) is 21.7. The largest absolute Gasteiger partial charge is 0.492 e. The fourth-order valence-electron chi connectivity index (χ4n) is 3.80. The number of benzene rings is 2. The van der Waals surface area contributed by atoms with Gasteiger partial charge in [-0.1, -0.05) is 69.4 Å². The van der Waals surface area contributed by atoms with Crippen molar-refractivity contribution in [3.05, 3.63) is 76.4 Å². The first kappa shape index (κ1) is 25.1. The zero-order chi connectivity index (χ0) is 25.7. The van der Waals surface area contributed by atoms with Crippen molar-refractivity contribution >= 4 is 39.4 Å². The van der Waals surface area contributed by atoms with E-state index in [1.54, 1.807) is 6.08 Å². The second kappa shape index (κ2) is 10.8. The summed E-state index contributed by atoms with van der Waals surface area (Å²) >= 11 is 1.30. The number of anilines is 1. The third-order valence-electron chi connectivity index (χ3n) is 5.80. The monoisotopic (exact) mass is 499 g/mol. The number of para-hydroxylation sites is 1. The summed E-state index contributed by atoms with van der Waals surface area (Å²) in [6, 6.07) is 18.1. The lowest BCUT2D eigenvalue weighted by molar-refractivity contribution is -0.112. The van der Waals surface area contributed by atoms with Gasteiger partial charge in [-0.2, -0.15) is 5.26 Å². The van der Waals surface area contributed by atoms with Gasteiger partial charge in [-0.05, 0) is 41.7 Å². The van der Waals surface area contributed by atoms with Crippen molar-refractivity contribution in [1.82, 2.24) is 14.8 Å². The number of nitrogens with zero attached hydrogens (tertiary/aromatic N) is 4. The second-order valence-corrected chi connectivity index (χ2v) is 10.5. The van der Waals surface area contributed by atoms with E-state index in [0.717, 1.165) is 33.6 Å². The Bertz CT molecular complexity index is 1440. The molecule has 4 aromatic rings. The lowest BCUT2D eigenvalue weighted by Crippen LogP contribution is -2.13. The quantitative estimate of drug-likeness (QED) is 0.238. The third-order valence-corrected chi connectivity index (χ3v) is 6.78. The van der Waals surface area contributed by atoms with Gasteiger partial charge in [0.05, 0.1) is 6.54 Å². The van der Waals surface area contributed by atoms with Gasteiger partial charge in [0.2, 0.25) is 5.13 Å². The molecule has 0 unspecified atom stereocenters. The minimum Gasteiger partial charge on any atom is -0.492 e. The molecule has 0 aliphatic carbocycles. The van der Waals surface area contributed by atoms with E-state index in [1.165, 1.54) is 16.9 Å². The molecule has 36 heavy (non-hydrogen) atoms. The third kappa shape index (κ3) is 5.81. The number of ether oxygens (including phenoxy) is 1. The fraction of sp³-hybridized carbons (Fsp3) is 0.286. The number of aromatic nitrogens is 3. The van der Waals surface area contributed by atoms with Crippen LogP contribution in [0, 0.1) is 11.3 Å². The normalized spacial score (nSPS) is 11.9. The number of carbonyl (C=O) groups is 1. The average molecular weight is 500 g/mol. The molecule has 0 saturated carbocycles. The standard InChI is InChI=1S/C28H29N5O2S/c1-5-25-31-32-27(36-25)30-26(34)19(17-29)16-20-18-33(24-9-7-6-8-23(20)24)14-15-35-22-12-10-21(11-13-22)28(2,3)4/h6-13,16,18H,5,14-15H2,1-4H3,(H,30,32,34)/b19-16-. The van der Waals surface area contributed by atoms with Crippen LogP contribution < -0.4 is 10.1 Å². The van der Waals surface area contributed by atoms with Crippen molar-refractivity contribution in [2.45, 2.75) is 46.1 Å². The predicted molar refractivity (Wildman–Crippen MR) is 144 cm³/mol. The van der Waals surface area contributed by atoms with Crippen molar-refractivity contribution in [3.8, 4) is 11.8 Å². The summed E-state index contributed by atoms with van der Waals surface area (Å²) < 4.78 is 8.07. The Kier molecular flexibility index (Phi) is 7.51. The summed E-state index contributed by atoms with van der Waals surface area (Å²) in [5, 5.41) is 22.5. The maximum absolute atomic E-state index is 12.7. The highest BCUT2D eigenvalue weighted by molar-refractivity contribution is 7.15. The molecule has 0 bridgehead atoms. The Labute approximate surface area is 215 Å². The van der Waals surface area contributed by atoms with Gasteiger partial charge in [-0.15, -0.1) is 10.2 Å². The molecule has 4 rings (SSSR count).